The van der Waals surface area contributed by atoms with Crippen LogP contribution in [0, 0.1) is 6.92 Å². The third-order valence-electron chi connectivity index (χ3n) is 2.68. The number of carbonyl (C=O) groups is 1. The lowest BCUT2D eigenvalue weighted by Crippen LogP contribution is -2.11. The number of ether oxygens (including phenoxy) is 1. The molecule has 0 aliphatic heterocycles. The van der Waals surface area contributed by atoms with Crippen molar-refractivity contribution in [2.45, 2.75) is 13.5 Å². The second kappa shape index (κ2) is 6.01. The molecule has 0 aliphatic carbocycles. The smallest absolute Gasteiger partial charge is 0.376 e. The van der Waals surface area contributed by atoms with Crippen molar-refractivity contribution in [3.8, 4) is 0 Å². The van der Waals surface area contributed by atoms with E-state index in [1.54, 1.807) is 13.0 Å². The van der Waals surface area contributed by atoms with Gasteiger partial charge in [0, 0.05) is 24.0 Å². The van der Waals surface area contributed by atoms with Gasteiger partial charge in [-0.05, 0) is 24.6 Å². The van der Waals surface area contributed by atoms with E-state index in [-0.39, 0.29) is 5.82 Å². The minimum absolute atomic E-state index is 0.0484. The lowest BCUT2D eigenvalue weighted by Gasteiger charge is -2.08. The van der Waals surface area contributed by atoms with E-state index in [0.717, 1.165) is 11.3 Å². The number of methoxy groups -OCH3 is 1. The molecule has 20 heavy (non-hydrogen) atoms. The van der Waals surface area contributed by atoms with Gasteiger partial charge in [0.15, 0.2) is 0 Å². The molecule has 0 radical (unpaired) electrons. The molecule has 1 aromatic heterocycles. The standard InChI is InChI=1S/C14H16N4O2/c1-9-7-12(18-13(17-9)14(19)20-2)16-8-10-3-5-11(15)6-4-10/h3-7H,8,15H2,1-2H3,(H,16,17,18). The molecule has 2 rings (SSSR count). The van der Waals surface area contributed by atoms with E-state index >= 15 is 0 Å². The van der Waals surface area contributed by atoms with Gasteiger partial charge >= 0.3 is 5.97 Å². The van der Waals surface area contributed by atoms with Gasteiger partial charge in [0.25, 0.3) is 0 Å². The summed E-state index contributed by atoms with van der Waals surface area (Å²) in [5.74, 6) is 0.0752. The van der Waals surface area contributed by atoms with Crippen molar-refractivity contribution < 1.29 is 9.53 Å². The third kappa shape index (κ3) is 3.44. The van der Waals surface area contributed by atoms with E-state index in [1.807, 2.05) is 24.3 Å². The van der Waals surface area contributed by atoms with Crippen LogP contribution in [0.3, 0.4) is 0 Å². The van der Waals surface area contributed by atoms with Crippen LogP contribution in [-0.4, -0.2) is 23.0 Å². The zero-order valence-corrected chi connectivity index (χ0v) is 11.4. The number of esters is 1. The van der Waals surface area contributed by atoms with Crippen molar-refractivity contribution in [2.24, 2.45) is 0 Å². The highest BCUT2D eigenvalue weighted by atomic mass is 16.5. The monoisotopic (exact) mass is 272 g/mol. The Balaban J connectivity index is 2.11. The van der Waals surface area contributed by atoms with Gasteiger partial charge in [-0.15, -0.1) is 0 Å². The number of carbonyl (C=O) groups excluding carboxylic acids is 1. The Morgan fingerprint density at radius 3 is 2.65 bits per heavy atom. The van der Waals surface area contributed by atoms with Crippen LogP contribution in [0.4, 0.5) is 11.5 Å². The number of hydrogen-bond donors (Lipinski definition) is 2. The summed E-state index contributed by atoms with van der Waals surface area (Å²) < 4.78 is 4.62. The molecule has 6 heteroatoms. The molecule has 0 atom stereocenters. The summed E-state index contributed by atoms with van der Waals surface area (Å²) in [6, 6.07) is 9.29. The van der Waals surface area contributed by atoms with Crippen LogP contribution < -0.4 is 11.1 Å². The molecule has 0 saturated carbocycles. The van der Waals surface area contributed by atoms with E-state index in [4.69, 9.17) is 5.73 Å². The predicted molar refractivity (Wildman–Crippen MR) is 76.3 cm³/mol. The van der Waals surface area contributed by atoms with Gasteiger partial charge in [0.1, 0.15) is 5.82 Å². The van der Waals surface area contributed by atoms with Gasteiger partial charge < -0.3 is 15.8 Å². The average Bonchev–Trinajstić information content (AvgIpc) is 2.45. The molecular weight excluding hydrogens is 256 g/mol. The Hall–Kier alpha value is -2.63. The maximum atomic E-state index is 11.4. The largest absolute Gasteiger partial charge is 0.463 e. The first-order chi connectivity index (χ1) is 9.58. The number of nitrogen functional groups attached to an aromatic ring is 1. The van der Waals surface area contributed by atoms with Gasteiger partial charge in [-0.1, -0.05) is 12.1 Å². The van der Waals surface area contributed by atoms with E-state index in [0.29, 0.717) is 18.1 Å². The van der Waals surface area contributed by atoms with Crippen LogP contribution in [0.2, 0.25) is 0 Å². The van der Waals surface area contributed by atoms with E-state index < -0.39 is 5.97 Å². The molecule has 3 N–H and O–H groups in total. The van der Waals surface area contributed by atoms with Crippen LogP contribution in [-0.2, 0) is 11.3 Å². The molecule has 1 heterocycles. The number of hydrogen-bond acceptors (Lipinski definition) is 6. The molecule has 0 saturated heterocycles. The Kier molecular flexibility index (Phi) is 4.14. The van der Waals surface area contributed by atoms with Crippen molar-refractivity contribution in [3.05, 3.63) is 47.4 Å². The summed E-state index contributed by atoms with van der Waals surface area (Å²) in [4.78, 5) is 19.6. The summed E-state index contributed by atoms with van der Waals surface area (Å²) in [6.45, 7) is 2.37. The zero-order valence-electron chi connectivity index (χ0n) is 11.4. The second-order valence-corrected chi connectivity index (χ2v) is 4.30. The Morgan fingerprint density at radius 2 is 2.00 bits per heavy atom. The van der Waals surface area contributed by atoms with E-state index in [2.05, 4.69) is 20.0 Å². The first-order valence-corrected chi connectivity index (χ1v) is 6.11. The molecule has 0 unspecified atom stereocenters. The van der Waals surface area contributed by atoms with Crippen molar-refractivity contribution >= 4 is 17.5 Å². The minimum Gasteiger partial charge on any atom is -0.463 e. The Labute approximate surface area is 117 Å². The molecule has 0 spiro atoms. The van der Waals surface area contributed by atoms with E-state index in [1.165, 1.54) is 7.11 Å². The first-order valence-electron chi connectivity index (χ1n) is 6.11. The number of nitrogens with two attached hydrogens (primary N) is 1. The number of nitrogens with one attached hydrogen (secondary N) is 1. The summed E-state index contributed by atoms with van der Waals surface area (Å²) in [6.07, 6.45) is 0. The summed E-state index contributed by atoms with van der Waals surface area (Å²) in [7, 11) is 1.30. The fourth-order valence-corrected chi connectivity index (χ4v) is 1.67. The van der Waals surface area contributed by atoms with Crippen LogP contribution in [0.5, 0.6) is 0 Å². The second-order valence-electron chi connectivity index (χ2n) is 4.30. The third-order valence-corrected chi connectivity index (χ3v) is 2.68. The highest BCUT2D eigenvalue weighted by molar-refractivity contribution is 5.85. The van der Waals surface area contributed by atoms with Gasteiger partial charge in [0.2, 0.25) is 5.82 Å². The van der Waals surface area contributed by atoms with Crippen LogP contribution >= 0.6 is 0 Å². The molecule has 2 aromatic rings. The number of nitrogens with zero attached hydrogens (tertiary/aromatic N) is 2. The quantitative estimate of drug-likeness (QED) is 0.651. The number of anilines is 2. The normalized spacial score (nSPS) is 10.1. The van der Waals surface area contributed by atoms with Gasteiger partial charge in [-0.2, -0.15) is 0 Å². The number of aryl methyl sites for hydroxylation is 1. The molecule has 0 bridgehead atoms. The molecule has 0 aliphatic rings. The summed E-state index contributed by atoms with van der Waals surface area (Å²) in [5.41, 5.74) is 8.11. The fourth-order valence-electron chi connectivity index (χ4n) is 1.67. The highest BCUT2D eigenvalue weighted by Gasteiger charge is 2.11. The summed E-state index contributed by atoms with van der Waals surface area (Å²) in [5, 5.41) is 3.14. The molecular formula is C14H16N4O2. The maximum Gasteiger partial charge on any atom is 0.376 e. The van der Waals surface area contributed by atoms with Crippen molar-refractivity contribution in [1.29, 1.82) is 0 Å². The number of aromatic nitrogens is 2. The molecule has 104 valence electrons. The molecule has 1 aromatic carbocycles. The van der Waals surface area contributed by atoms with E-state index in [9.17, 15) is 4.79 Å². The zero-order chi connectivity index (χ0) is 14.5. The van der Waals surface area contributed by atoms with Crippen LogP contribution in [0.1, 0.15) is 21.9 Å². The predicted octanol–water partition coefficient (Wildman–Crippen LogP) is 1.77. The lowest BCUT2D eigenvalue weighted by molar-refractivity contribution is 0.0586. The fraction of sp³-hybridized carbons (Fsp3) is 0.214. The maximum absolute atomic E-state index is 11.4. The van der Waals surface area contributed by atoms with Crippen LogP contribution in [0.15, 0.2) is 30.3 Å². The molecule has 6 nitrogen and oxygen atoms in total. The molecule has 0 amide bonds. The average molecular weight is 272 g/mol. The Bertz CT molecular complexity index is 611. The van der Waals surface area contributed by atoms with Gasteiger partial charge in [-0.25, -0.2) is 14.8 Å². The highest BCUT2D eigenvalue weighted by Crippen LogP contribution is 2.10. The van der Waals surface area contributed by atoms with Crippen LogP contribution in [0.25, 0.3) is 0 Å². The van der Waals surface area contributed by atoms with Crippen molar-refractivity contribution in [2.75, 3.05) is 18.2 Å². The lowest BCUT2D eigenvalue weighted by atomic mass is 10.2. The first kappa shape index (κ1) is 13.8. The minimum atomic E-state index is -0.552. The van der Waals surface area contributed by atoms with Gasteiger partial charge in [0.05, 0.1) is 7.11 Å². The van der Waals surface area contributed by atoms with Crippen molar-refractivity contribution in [3.63, 3.8) is 0 Å². The number of benzene rings is 1. The van der Waals surface area contributed by atoms with Gasteiger partial charge in [-0.3, -0.25) is 0 Å². The SMILES string of the molecule is COC(=O)c1nc(C)cc(NCc2ccc(N)cc2)n1. The van der Waals surface area contributed by atoms with Crippen molar-refractivity contribution in [1.82, 2.24) is 9.97 Å². The number of rotatable bonds is 4. The Morgan fingerprint density at radius 1 is 1.30 bits per heavy atom. The molecule has 0 fully saturated rings. The summed E-state index contributed by atoms with van der Waals surface area (Å²) >= 11 is 0. The topological polar surface area (TPSA) is 90.1 Å².